The van der Waals surface area contributed by atoms with Gasteiger partial charge >= 0.3 is 0 Å². The predicted octanol–water partition coefficient (Wildman–Crippen LogP) is 2.47. The normalized spacial score (nSPS) is 10.2. The summed E-state index contributed by atoms with van der Waals surface area (Å²) in [6.45, 7) is 1.89. The first kappa shape index (κ1) is 17.7. The predicted molar refractivity (Wildman–Crippen MR) is 93.4 cm³/mol. The molecule has 0 unspecified atom stereocenters. The van der Waals surface area contributed by atoms with Crippen molar-refractivity contribution < 1.29 is 14.3 Å². The largest absolute Gasteiger partial charge is 0.496 e. The van der Waals surface area contributed by atoms with Crippen LogP contribution in [0.15, 0.2) is 42.6 Å². The lowest BCUT2D eigenvalue weighted by molar-refractivity contribution is 0.0950. The van der Waals surface area contributed by atoms with Gasteiger partial charge in [0.15, 0.2) is 0 Å². The first-order chi connectivity index (χ1) is 11.7. The SMILES string of the molecule is COCCCNc1ccc(C(=O)NCc2ccccc2OC)cn1. The number of hydrogen-bond acceptors (Lipinski definition) is 5. The van der Waals surface area contributed by atoms with E-state index in [-0.39, 0.29) is 5.91 Å². The van der Waals surface area contributed by atoms with Gasteiger partial charge in [0, 0.05) is 38.6 Å². The minimum atomic E-state index is -0.167. The van der Waals surface area contributed by atoms with Crippen LogP contribution >= 0.6 is 0 Å². The maximum Gasteiger partial charge on any atom is 0.253 e. The van der Waals surface area contributed by atoms with Crippen molar-refractivity contribution in [2.24, 2.45) is 0 Å². The van der Waals surface area contributed by atoms with Crippen LogP contribution < -0.4 is 15.4 Å². The summed E-state index contributed by atoms with van der Waals surface area (Å²) in [7, 11) is 3.29. The van der Waals surface area contributed by atoms with Crippen molar-refractivity contribution in [2.45, 2.75) is 13.0 Å². The van der Waals surface area contributed by atoms with Gasteiger partial charge in [0.1, 0.15) is 11.6 Å². The molecule has 2 rings (SSSR count). The highest BCUT2D eigenvalue weighted by Gasteiger charge is 2.08. The Labute approximate surface area is 142 Å². The first-order valence-electron chi connectivity index (χ1n) is 7.83. The van der Waals surface area contributed by atoms with Crippen LogP contribution in [0.25, 0.3) is 0 Å². The van der Waals surface area contributed by atoms with Crippen LogP contribution in [0.4, 0.5) is 5.82 Å². The van der Waals surface area contributed by atoms with E-state index in [2.05, 4.69) is 15.6 Å². The topological polar surface area (TPSA) is 72.5 Å². The fourth-order valence-electron chi connectivity index (χ4n) is 2.19. The average molecular weight is 329 g/mol. The third-order valence-electron chi connectivity index (χ3n) is 3.49. The number of aromatic nitrogens is 1. The number of carbonyl (C=O) groups is 1. The summed E-state index contributed by atoms with van der Waals surface area (Å²) < 4.78 is 10.3. The van der Waals surface area contributed by atoms with E-state index in [9.17, 15) is 4.79 Å². The van der Waals surface area contributed by atoms with Gasteiger partial charge in [-0.3, -0.25) is 4.79 Å². The van der Waals surface area contributed by atoms with Crippen LogP contribution in [-0.4, -0.2) is 38.3 Å². The summed E-state index contributed by atoms with van der Waals surface area (Å²) in [5, 5.41) is 6.05. The molecule has 1 aromatic carbocycles. The van der Waals surface area contributed by atoms with Crippen molar-refractivity contribution in [1.82, 2.24) is 10.3 Å². The Kier molecular flexibility index (Phi) is 7.04. The van der Waals surface area contributed by atoms with Gasteiger partial charge in [-0.1, -0.05) is 18.2 Å². The van der Waals surface area contributed by atoms with Crippen molar-refractivity contribution >= 4 is 11.7 Å². The third kappa shape index (κ3) is 5.24. The van der Waals surface area contributed by atoms with Crippen LogP contribution in [-0.2, 0) is 11.3 Å². The van der Waals surface area contributed by atoms with Crippen LogP contribution in [0.3, 0.4) is 0 Å². The zero-order valence-electron chi connectivity index (χ0n) is 14.0. The van der Waals surface area contributed by atoms with Crippen molar-refractivity contribution in [3.8, 4) is 5.75 Å². The van der Waals surface area contributed by atoms with Crippen molar-refractivity contribution in [2.75, 3.05) is 32.7 Å². The molecule has 0 aliphatic heterocycles. The number of anilines is 1. The summed E-state index contributed by atoms with van der Waals surface area (Å²) in [6.07, 6.45) is 2.47. The lowest BCUT2D eigenvalue weighted by atomic mass is 10.2. The van der Waals surface area contributed by atoms with Crippen LogP contribution in [0, 0.1) is 0 Å². The number of amides is 1. The van der Waals surface area contributed by atoms with Gasteiger partial charge in [0.2, 0.25) is 0 Å². The van der Waals surface area contributed by atoms with E-state index >= 15 is 0 Å². The van der Waals surface area contributed by atoms with Gasteiger partial charge in [-0.15, -0.1) is 0 Å². The molecule has 0 aliphatic carbocycles. The van der Waals surface area contributed by atoms with E-state index in [0.29, 0.717) is 18.7 Å². The lowest BCUT2D eigenvalue weighted by Crippen LogP contribution is -2.23. The Morgan fingerprint density at radius 3 is 2.71 bits per heavy atom. The van der Waals surface area contributed by atoms with Crippen LogP contribution in [0.1, 0.15) is 22.3 Å². The van der Waals surface area contributed by atoms with Gasteiger partial charge < -0.3 is 20.1 Å². The molecule has 24 heavy (non-hydrogen) atoms. The summed E-state index contributed by atoms with van der Waals surface area (Å²) in [5.41, 5.74) is 1.45. The minimum Gasteiger partial charge on any atom is -0.496 e. The Morgan fingerprint density at radius 2 is 2.00 bits per heavy atom. The monoisotopic (exact) mass is 329 g/mol. The minimum absolute atomic E-state index is 0.167. The summed E-state index contributed by atoms with van der Waals surface area (Å²) in [4.78, 5) is 16.4. The second-order valence-corrected chi connectivity index (χ2v) is 5.20. The maximum atomic E-state index is 12.2. The molecular formula is C18H23N3O3. The molecule has 0 radical (unpaired) electrons. The fraction of sp³-hybridized carbons (Fsp3) is 0.333. The maximum absolute atomic E-state index is 12.2. The zero-order valence-corrected chi connectivity index (χ0v) is 14.0. The molecule has 6 nitrogen and oxygen atoms in total. The van der Waals surface area contributed by atoms with E-state index in [4.69, 9.17) is 9.47 Å². The molecule has 2 aromatic rings. The molecule has 2 N–H and O–H groups in total. The number of nitrogens with zero attached hydrogens (tertiary/aromatic N) is 1. The van der Waals surface area contributed by atoms with Gasteiger partial charge in [-0.2, -0.15) is 0 Å². The molecule has 0 fully saturated rings. The molecule has 0 spiro atoms. The molecule has 0 bridgehead atoms. The highest BCUT2D eigenvalue weighted by molar-refractivity contribution is 5.94. The number of para-hydroxylation sites is 1. The average Bonchev–Trinajstić information content (AvgIpc) is 2.64. The first-order valence-corrected chi connectivity index (χ1v) is 7.83. The number of pyridine rings is 1. The van der Waals surface area contributed by atoms with Gasteiger partial charge in [-0.25, -0.2) is 4.98 Å². The number of ether oxygens (including phenoxy) is 2. The number of rotatable bonds is 9. The molecule has 0 atom stereocenters. The summed E-state index contributed by atoms with van der Waals surface area (Å²) in [5.74, 6) is 1.33. The van der Waals surface area contributed by atoms with Gasteiger partial charge in [0.25, 0.3) is 5.91 Å². The molecule has 0 saturated heterocycles. The Hall–Kier alpha value is -2.60. The van der Waals surface area contributed by atoms with E-state index in [1.165, 1.54) is 0 Å². The molecule has 6 heteroatoms. The smallest absolute Gasteiger partial charge is 0.253 e. The second kappa shape index (κ2) is 9.52. The van der Waals surface area contributed by atoms with Gasteiger partial charge in [0.05, 0.1) is 12.7 Å². The lowest BCUT2D eigenvalue weighted by Gasteiger charge is -2.10. The number of methoxy groups -OCH3 is 2. The van der Waals surface area contributed by atoms with Crippen LogP contribution in [0.2, 0.25) is 0 Å². The Bertz CT molecular complexity index is 644. The highest BCUT2D eigenvalue weighted by Crippen LogP contribution is 2.16. The second-order valence-electron chi connectivity index (χ2n) is 5.20. The number of carbonyl (C=O) groups excluding carboxylic acids is 1. The number of nitrogens with one attached hydrogen (secondary N) is 2. The highest BCUT2D eigenvalue weighted by atomic mass is 16.5. The van der Waals surface area contributed by atoms with Crippen molar-refractivity contribution in [3.05, 3.63) is 53.7 Å². The molecule has 128 valence electrons. The molecule has 0 aliphatic rings. The standard InChI is InChI=1S/C18H23N3O3/c1-23-11-5-10-19-17-9-8-15(13-20-17)18(22)21-12-14-6-3-4-7-16(14)24-2/h3-4,6-9,13H,5,10-12H2,1-2H3,(H,19,20)(H,21,22). The molecule has 1 aromatic heterocycles. The van der Waals surface area contributed by atoms with E-state index in [1.807, 2.05) is 24.3 Å². The number of hydrogen-bond donors (Lipinski definition) is 2. The van der Waals surface area contributed by atoms with E-state index < -0.39 is 0 Å². The molecule has 0 saturated carbocycles. The van der Waals surface area contributed by atoms with Crippen LogP contribution in [0.5, 0.6) is 5.75 Å². The van der Waals surface area contributed by atoms with E-state index in [0.717, 1.165) is 30.1 Å². The summed E-state index contributed by atoms with van der Waals surface area (Å²) in [6, 6.07) is 11.1. The van der Waals surface area contributed by atoms with Crippen molar-refractivity contribution in [3.63, 3.8) is 0 Å². The fourth-order valence-corrected chi connectivity index (χ4v) is 2.19. The molecule has 1 amide bonds. The third-order valence-corrected chi connectivity index (χ3v) is 3.49. The van der Waals surface area contributed by atoms with Crippen molar-refractivity contribution in [1.29, 1.82) is 0 Å². The van der Waals surface area contributed by atoms with E-state index in [1.54, 1.807) is 32.5 Å². The quantitative estimate of drug-likeness (QED) is 0.692. The molecule has 1 heterocycles. The molecular weight excluding hydrogens is 306 g/mol. The number of benzene rings is 1. The zero-order chi connectivity index (χ0) is 17.2. The Balaban J connectivity index is 1.86. The van der Waals surface area contributed by atoms with Gasteiger partial charge in [-0.05, 0) is 24.6 Å². The Morgan fingerprint density at radius 1 is 1.17 bits per heavy atom. The summed E-state index contributed by atoms with van der Waals surface area (Å²) >= 11 is 0.